The fourth-order valence-electron chi connectivity index (χ4n) is 2.18. The summed E-state index contributed by atoms with van der Waals surface area (Å²) in [5.74, 6) is 0. The molecule has 1 heterocycles. The highest BCUT2D eigenvalue weighted by atomic mass is 16.5. The zero-order valence-electron chi connectivity index (χ0n) is 9.54. The van der Waals surface area contributed by atoms with Crippen molar-refractivity contribution in [2.45, 2.75) is 44.7 Å². The van der Waals surface area contributed by atoms with Crippen LogP contribution >= 0.6 is 0 Å². The summed E-state index contributed by atoms with van der Waals surface area (Å²) in [6.07, 6.45) is 4.76. The fourth-order valence-corrected chi connectivity index (χ4v) is 2.18. The van der Waals surface area contributed by atoms with Gasteiger partial charge in [0.1, 0.15) is 0 Å². The minimum Gasteiger partial charge on any atom is -0.383 e. The molecule has 0 amide bonds. The van der Waals surface area contributed by atoms with Crippen molar-refractivity contribution in [2.24, 2.45) is 5.73 Å². The third-order valence-corrected chi connectivity index (χ3v) is 3.07. The third-order valence-electron chi connectivity index (χ3n) is 3.07. The van der Waals surface area contributed by atoms with Crippen LogP contribution in [0.15, 0.2) is 0 Å². The van der Waals surface area contributed by atoms with Gasteiger partial charge >= 0.3 is 0 Å². The van der Waals surface area contributed by atoms with Gasteiger partial charge in [0.15, 0.2) is 0 Å². The fraction of sp³-hybridized carbons (Fsp3) is 1.00. The number of methoxy groups -OCH3 is 1. The Kier molecular flexibility index (Phi) is 5.45. The van der Waals surface area contributed by atoms with E-state index < -0.39 is 0 Å². The average molecular weight is 200 g/mol. The molecule has 1 atom stereocenters. The predicted octanol–water partition coefficient (Wildman–Crippen LogP) is 1.22. The van der Waals surface area contributed by atoms with Crippen LogP contribution in [0.4, 0.5) is 0 Å². The molecule has 1 rings (SSSR count). The molecule has 0 saturated carbocycles. The number of nitrogens with zero attached hydrogens (tertiary/aromatic N) is 1. The van der Waals surface area contributed by atoms with E-state index in [-0.39, 0.29) is 0 Å². The molecule has 2 N–H and O–H groups in total. The van der Waals surface area contributed by atoms with Gasteiger partial charge in [0.25, 0.3) is 0 Å². The Balaban J connectivity index is 2.34. The van der Waals surface area contributed by atoms with Crippen molar-refractivity contribution < 1.29 is 4.74 Å². The monoisotopic (exact) mass is 200 g/mol. The first-order valence-electron chi connectivity index (χ1n) is 5.76. The lowest BCUT2D eigenvalue weighted by Gasteiger charge is -2.36. The highest BCUT2D eigenvalue weighted by molar-refractivity contribution is 4.79. The summed E-state index contributed by atoms with van der Waals surface area (Å²) in [7, 11) is 1.79. The van der Waals surface area contributed by atoms with Crippen LogP contribution in [0, 0.1) is 0 Å². The van der Waals surface area contributed by atoms with Crippen LogP contribution < -0.4 is 5.73 Å². The van der Waals surface area contributed by atoms with Gasteiger partial charge in [-0.25, -0.2) is 0 Å². The molecule has 0 radical (unpaired) electrons. The summed E-state index contributed by atoms with van der Waals surface area (Å²) >= 11 is 0. The maximum absolute atomic E-state index is 5.89. The topological polar surface area (TPSA) is 38.5 Å². The molecule has 14 heavy (non-hydrogen) atoms. The highest BCUT2D eigenvalue weighted by Gasteiger charge is 2.22. The molecule has 1 saturated heterocycles. The van der Waals surface area contributed by atoms with Crippen LogP contribution in [-0.2, 0) is 4.74 Å². The van der Waals surface area contributed by atoms with Crippen molar-refractivity contribution in [3.05, 3.63) is 0 Å². The minimum absolute atomic E-state index is 0.427. The largest absolute Gasteiger partial charge is 0.383 e. The van der Waals surface area contributed by atoms with Crippen LogP contribution in [0.2, 0.25) is 0 Å². The van der Waals surface area contributed by atoms with E-state index in [9.17, 15) is 0 Å². The molecule has 0 aliphatic carbocycles. The Morgan fingerprint density at radius 1 is 1.43 bits per heavy atom. The normalized spacial score (nSPS) is 22.5. The standard InChI is InChI=1S/C11H24N2O/c1-3-4-11(9-14-2)13-7-5-10(12)6-8-13/h10-11H,3-9,12H2,1-2H3. The first-order chi connectivity index (χ1) is 6.77. The van der Waals surface area contributed by atoms with E-state index in [0.29, 0.717) is 12.1 Å². The summed E-state index contributed by atoms with van der Waals surface area (Å²) in [6.45, 7) is 5.39. The lowest BCUT2D eigenvalue weighted by atomic mass is 10.0. The summed E-state index contributed by atoms with van der Waals surface area (Å²) in [5.41, 5.74) is 5.89. The Morgan fingerprint density at radius 2 is 2.07 bits per heavy atom. The maximum atomic E-state index is 5.89. The van der Waals surface area contributed by atoms with Crippen molar-refractivity contribution in [3.8, 4) is 0 Å². The molecule has 3 nitrogen and oxygen atoms in total. The average Bonchev–Trinajstić information content (AvgIpc) is 2.19. The first kappa shape index (κ1) is 12.0. The van der Waals surface area contributed by atoms with E-state index in [4.69, 9.17) is 10.5 Å². The van der Waals surface area contributed by atoms with Crippen molar-refractivity contribution in [1.29, 1.82) is 0 Å². The van der Waals surface area contributed by atoms with Crippen LogP contribution in [0.5, 0.6) is 0 Å². The maximum Gasteiger partial charge on any atom is 0.0618 e. The Labute approximate surface area is 87.6 Å². The first-order valence-corrected chi connectivity index (χ1v) is 5.76. The van der Waals surface area contributed by atoms with Crippen LogP contribution in [-0.4, -0.2) is 43.8 Å². The quantitative estimate of drug-likeness (QED) is 0.725. The zero-order chi connectivity index (χ0) is 10.4. The Morgan fingerprint density at radius 3 is 2.57 bits per heavy atom. The summed E-state index contributed by atoms with van der Waals surface area (Å²) in [5, 5.41) is 0. The number of rotatable bonds is 5. The molecular formula is C11H24N2O. The van der Waals surface area contributed by atoms with Crippen molar-refractivity contribution in [3.63, 3.8) is 0 Å². The number of nitrogens with two attached hydrogens (primary N) is 1. The highest BCUT2D eigenvalue weighted by Crippen LogP contribution is 2.15. The van der Waals surface area contributed by atoms with E-state index in [0.717, 1.165) is 32.5 Å². The molecule has 84 valence electrons. The summed E-state index contributed by atoms with van der Waals surface area (Å²) < 4.78 is 5.26. The van der Waals surface area contributed by atoms with E-state index in [1.807, 2.05) is 0 Å². The second-order valence-electron chi connectivity index (χ2n) is 4.27. The van der Waals surface area contributed by atoms with Gasteiger partial charge in [-0.15, -0.1) is 0 Å². The van der Waals surface area contributed by atoms with Crippen molar-refractivity contribution >= 4 is 0 Å². The molecule has 0 aromatic rings. The van der Waals surface area contributed by atoms with E-state index in [1.54, 1.807) is 7.11 Å². The van der Waals surface area contributed by atoms with Crippen molar-refractivity contribution in [1.82, 2.24) is 4.90 Å². The molecule has 0 aromatic carbocycles. The van der Waals surface area contributed by atoms with Crippen LogP contribution in [0.25, 0.3) is 0 Å². The molecule has 1 fully saturated rings. The predicted molar refractivity (Wildman–Crippen MR) is 59.4 cm³/mol. The van der Waals surface area contributed by atoms with Gasteiger partial charge in [-0.3, -0.25) is 4.90 Å². The lowest BCUT2D eigenvalue weighted by Crippen LogP contribution is -2.46. The SMILES string of the molecule is CCCC(COC)N1CCC(N)CC1. The molecule has 1 aliphatic rings. The van der Waals surface area contributed by atoms with Gasteiger partial charge in [-0.2, -0.15) is 0 Å². The summed E-state index contributed by atoms with van der Waals surface area (Å²) in [4.78, 5) is 2.54. The Bertz CT molecular complexity index is 138. The van der Waals surface area contributed by atoms with Gasteiger partial charge in [-0.05, 0) is 32.4 Å². The third kappa shape index (κ3) is 3.56. The van der Waals surface area contributed by atoms with Gasteiger partial charge in [-0.1, -0.05) is 13.3 Å². The molecule has 1 unspecified atom stereocenters. The number of hydrogen-bond acceptors (Lipinski definition) is 3. The second-order valence-corrected chi connectivity index (χ2v) is 4.27. The number of hydrogen-bond donors (Lipinski definition) is 1. The van der Waals surface area contributed by atoms with E-state index in [2.05, 4.69) is 11.8 Å². The van der Waals surface area contributed by atoms with E-state index in [1.165, 1.54) is 12.8 Å². The molecule has 0 bridgehead atoms. The minimum atomic E-state index is 0.427. The number of ether oxygens (including phenoxy) is 1. The van der Waals surface area contributed by atoms with Crippen LogP contribution in [0.3, 0.4) is 0 Å². The second kappa shape index (κ2) is 6.38. The zero-order valence-corrected chi connectivity index (χ0v) is 9.54. The number of likely N-dealkylation sites (tertiary alicyclic amines) is 1. The molecule has 0 aromatic heterocycles. The van der Waals surface area contributed by atoms with Crippen LogP contribution in [0.1, 0.15) is 32.6 Å². The molecular weight excluding hydrogens is 176 g/mol. The van der Waals surface area contributed by atoms with Gasteiger partial charge < -0.3 is 10.5 Å². The smallest absolute Gasteiger partial charge is 0.0618 e. The lowest BCUT2D eigenvalue weighted by molar-refractivity contribution is 0.0681. The Hall–Kier alpha value is -0.120. The molecule has 0 spiro atoms. The molecule has 1 aliphatic heterocycles. The van der Waals surface area contributed by atoms with Gasteiger partial charge in [0.2, 0.25) is 0 Å². The van der Waals surface area contributed by atoms with Gasteiger partial charge in [0.05, 0.1) is 6.61 Å². The molecule has 3 heteroatoms. The van der Waals surface area contributed by atoms with Gasteiger partial charge in [0, 0.05) is 19.2 Å². The van der Waals surface area contributed by atoms with E-state index >= 15 is 0 Å². The number of piperidine rings is 1. The summed E-state index contributed by atoms with van der Waals surface area (Å²) in [6, 6.07) is 1.04. The van der Waals surface area contributed by atoms with Crippen molar-refractivity contribution in [2.75, 3.05) is 26.8 Å².